The number of aryl methyl sites for hydroxylation is 1. The van der Waals surface area contributed by atoms with Gasteiger partial charge in [-0.25, -0.2) is 14.5 Å². The van der Waals surface area contributed by atoms with Gasteiger partial charge < -0.3 is 20.4 Å². The molecule has 0 saturated carbocycles. The lowest BCUT2D eigenvalue weighted by Crippen LogP contribution is -2.48. The summed E-state index contributed by atoms with van der Waals surface area (Å²) in [6.45, 7) is 4.56. The number of nitrogens with one attached hydrogen (secondary N) is 2. The summed E-state index contributed by atoms with van der Waals surface area (Å²) >= 11 is 8.29. The van der Waals surface area contributed by atoms with Crippen molar-refractivity contribution in [3.8, 4) is 27.5 Å². The molecule has 2 aromatic heterocycles. The van der Waals surface area contributed by atoms with Crippen LogP contribution < -0.4 is 10.6 Å². The van der Waals surface area contributed by atoms with Gasteiger partial charge in [0.2, 0.25) is 5.91 Å². The quantitative estimate of drug-likeness (QED) is 0.359. The fourth-order valence-corrected chi connectivity index (χ4v) is 6.42. The number of fused-ring (bicyclic) bond motifs is 3. The summed E-state index contributed by atoms with van der Waals surface area (Å²) in [5.74, 6) is -0.156. The lowest BCUT2D eigenvalue weighted by Gasteiger charge is -2.32. The van der Waals surface area contributed by atoms with Crippen molar-refractivity contribution in [1.82, 2.24) is 24.6 Å². The molecule has 4 aromatic rings. The summed E-state index contributed by atoms with van der Waals surface area (Å²) in [5.41, 5.74) is 6.24. The number of rotatable bonds is 4. The Morgan fingerprint density at radius 2 is 1.77 bits per heavy atom. The van der Waals surface area contributed by atoms with Crippen LogP contribution in [0.25, 0.3) is 27.5 Å². The van der Waals surface area contributed by atoms with Crippen molar-refractivity contribution in [2.45, 2.75) is 19.8 Å². The van der Waals surface area contributed by atoms with E-state index in [0.29, 0.717) is 34.6 Å². The van der Waals surface area contributed by atoms with Crippen LogP contribution in [-0.2, 0) is 17.6 Å². The molecule has 11 heteroatoms. The fraction of sp³-hybridized carbons (Fsp3) is 0.286. The van der Waals surface area contributed by atoms with Crippen LogP contribution in [0.4, 0.5) is 15.6 Å². The number of benzene rings is 2. The maximum Gasteiger partial charge on any atom is 0.321 e. The molecule has 2 N–H and O–H groups in total. The topological polar surface area (TPSA) is 95.4 Å². The molecule has 1 aliphatic heterocycles. The Bertz CT molecular complexity index is 1560. The van der Waals surface area contributed by atoms with E-state index < -0.39 is 0 Å². The number of anilines is 2. The third kappa shape index (κ3) is 5.03. The monoisotopic (exact) mass is 561 g/mol. The molecule has 1 aliphatic carbocycles. The van der Waals surface area contributed by atoms with Crippen LogP contribution >= 0.6 is 22.9 Å². The normalized spacial score (nSPS) is 15.0. The third-order valence-electron chi connectivity index (χ3n) is 7.06. The highest BCUT2D eigenvalue weighted by molar-refractivity contribution is 7.19. The van der Waals surface area contributed by atoms with E-state index in [0.717, 1.165) is 59.0 Å². The van der Waals surface area contributed by atoms with Crippen LogP contribution in [0, 0.1) is 0 Å². The van der Waals surface area contributed by atoms with E-state index in [1.807, 2.05) is 39.9 Å². The zero-order chi connectivity index (χ0) is 27.1. The third-order valence-corrected chi connectivity index (χ3v) is 8.38. The van der Waals surface area contributed by atoms with Crippen LogP contribution in [0.1, 0.15) is 18.2 Å². The Balaban J connectivity index is 1.38. The summed E-state index contributed by atoms with van der Waals surface area (Å²) < 4.78 is 1.87. The number of hydrogen-bond acceptors (Lipinski definition) is 6. The second kappa shape index (κ2) is 10.4. The number of thiazole rings is 1. The van der Waals surface area contributed by atoms with Crippen LogP contribution in [0.5, 0.6) is 0 Å². The van der Waals surface area contributed by atoms with E-state index in [9.17, 15) is 9.59 Å². The van der Waals surface area contributed by atoms with Crippen molar-refractivity contribution in [1.29, 1.82) is 0 Å². The molecule has 39 heavy (non-hydrogen) atoms. The molecule has 2 aromatic carbocycles. The fourth-order valence-electron chi connectivity index (χ4n) is 5.04. The Morgan fingerprint density at radius 3 is 2.49 bits per heavy atom. The van der Waals surface area contributed by atoms with Crippen molar-refractivity contribution >= 4 is 45.7 Å². The van der Waals surface area contributed by atoms with Gasteiger partial charge in [-0.2, -0.15) is 5.10 Å². The van der Waals surface area contributed by atoms with E-state index in [-0.39, 0.29) is 11.9 Å². The molecule has 0 atom stereocenters. The van der Waals surface area contributed by atoms with Crippen LogP contribution in [0.2, 0.25) is 5.02 Å². The smallest absolute Gasteiger partial charge is 0.321 e. The molecular weight excluding hydrogens is 534 g/mol. The molecule has 0 radical (unpaired) electrons. The van der Waals surface area contributed by atoms with Crippen molar-refractivity contribution in [2.75, 3.05) is 43.9 Å². The average molecular weight is 562 g/mol. The highest BCUT2D eigenvalue weighted by atomic mass is 35.5. The molecule has 9 nitrogen and oxygen atoms in total. The molecular formula is C28H28ClN7O2S. The average Bonchev–Trinajstić information content (AvgIpc) is 3.50. The number of likely N-dealkylation sites (N-methyl/N-ethyl adjacent to an activating group) is 1. The second-order valence-corrected chi connectivity index (χ2v) is 11.2. The van der Waals surface area contributed by atoms with E-state index >= 15 is 0 Å². The zero-order valence-corrected chi connectivity index (χ0v) is 23.3. The molecule has 0 bridgehead atoms. The predicted molar refractivity (Wildman–Crippen MR) is 155 cm³/mol. The summed E-state index contributed by atoms with van der Waals surface area (Å²) in [4.78, 5) is 34.2. The number of amides is 3. The Kier molecular flexibility index (Phi) is 6.84. The van der Waals surface area contributed by atoms with Crippen LogP contribution in [0.15, 0.2) is 48.5 Å². The number of urea groups is 1. The molecule has 1 saturated heterocycles. The van der Waals surface area contributed by atoms with Gasteiger partial charge in [-0.1, -0.05) is 53.3 Å². The number of nitrogens with zero attached hydrogens (tertiary/aromatic N) is 5. The molecule has 3 heterocycles. The van der Waals surface area contributed by atoms with Gasteiger partial charge >= 0.3 is 6.03 Å². The number of aromatic nitrogens is 3. The molecule has 1 fully saturated rings. The minimum atomic E-state index is -0.156. The standard InChI is InChI=1S/C28H28ClN7O2S/c1-17(37)30-27-32-22-10-9-20-24(18-6-4-3-5-7-18)33-36(25(20)26(22)39-27)23-11-8-19(16-21(23)29)31-28(38)35-14-12-34(2)13-15-35/h3-8,11,16H,9-10,12-15H2,1-2H3,(H,31,38)(H,30,32,37). The van der Waals surface area contributed by atoms with Crippen molar-refractivity contribution in [3.63, 3.8) is 0 Å². The van der Waals surface area contributed by atoms with Gasteiger partial charge in [0, 0.05) is 49.9 Å². The molecule has 0 spiro atoms. The van der Waals surface area contributed by atoms with E-state index in [1.165, 1.54) is 18.3 Å². The summed E-state index contributed by atoms with van der Waals surface area (Å²) in [7, 11) is 2.06. The minimum Gasteiger partial charge on any atom is -0.322 e. The molecule has 3 amide bonds. The first-order chi connectivity index (χ1) is 18.9. The van der Waals surface area contributed by atoms with Crippen LogP contribution in [-0.4, -0.2) is 69.7 Å². The summed E-state index contributed by atoms with van der Waals surface area (Å²) in [6.07, 6.45) is 1.53. The van der Waals surface area contributed by atoms with Gasteiger partial charge in [0.25, 0.3) is 0 Å². The van der Waals surface area contributed by atoms with Gasteiger partial charge in [-0.05, 0) is 38.1 Å². The van der Waals surface area contributed by atoms with E-state index in [4.69, 9.17) is 16.7 Å². The van der Waals surface area contributed by atoms with Crippen molar-refractivity contribution < 1.29 is 9.59 Å². The van der Waals surface area contributed by atoms with Gasteiger partial charge in [0.05, 0.1) is 32.7 Å². The summed E-state index contributed by atoms with van der Waals surface area (Å²) in [5, 5.41) is 11.9. The predicted octanol–water partition coefficient (Wildman–Crippen LogP) is 5.15. The Morgan fingerprint density at radius 1 is 1.00 bits per heavy atom. The van der Waals surface area contributed by atoms with Gasteiger partial charge in [-0.15, -0.1) is 0 Å². The summed E-state index contributed by atoms with van der Waals surface area (Å²) in [6, 6.07) is 15.5. The second-order valence-electron chi connectivity index (χ2n) is 9.82. The highest BCUT2D eigenvalue weighted by Crippen LogP contribution is 2.45. The first kappa shape index (κ1) is 25.5. The number of piperazine rings is 1. The largest absolute Gasteiger partial charge is 0.322 e. The first-order valence-electron chi connectivity index (χ1n) is 12.9. The lowest BCUT2D eigenvalue weighted by atomic mass is 9.95. The Labute approximate surface area is 235 Å². The maximum absolute atomic E-state index is 12.8. The van der Waals surface area contributed by atoms with Gasteiger partial charge in [0.1, 0.15) is 0 Å². The van der Waals surface area contributed by atoms with Crippen molar-refractivity contribution in [3.05, 3.63) is 64.8 Å². The zero-order valence-electron chi connectivity index (χ0n) is 21.7. The number of halogens is 1. The highest BCUT2D eigenvalue weighted by Gasteiger charge is 2.30. The van der Waals surface area contributed by atoms with Crippen LogP contribution in [0.3, 0.4) is 0 Å². The van der Waals surface area contributed by atoms with Gasteiger partial charge in [0.15, 0.2) is 5.13 Å². The number of carbonyl (C=O) groups is 2. The number of hydrogen-bond donors (Lipinski definition) is 2. The lowest BCUT2D eigenvalue weighted by molar-refractivity contribution is -0.114. The molecule has 0 unspecified atom stereocenters. The van der Waals surface area contributed by atoms with Crippen molar-refractivity contribution in [2.24, 2.45) is 0 Å². The first-order valence-corrected chi connectivity index (χ1v) is 14.1. The van der Waals surface area contributed by atoms with E-state index in [2.05, 4.69) is 39.7 Å². The molecule has 2 aliphatic rings. The molecule has 6 rings (SSSR count). The van der Waals surface area contributed by atoms with E-state index in [1.54, 1.807) is 6.07 Å². The minimum absolute atomic E-state index is 0.130. The SMILES string of the molecule is CC(=O)Nc1nc2c(s1)-c1c(c(-c3ccccc3)nn1-c1ccc(NC(=O)N3CCN(C)CC3)cc1Cl)CC2. The van der Waals surface area contributed by atoms with Gasteiger partial charge in [-0.3, -0.25) is 4.79 Å². The Hall–Kier alpha value is -3.73. The maximum atomic E-state index is 12.8. The molecule has 200 valence electrons. The number of carbonyl (C=O) groups excluding carboxylic acids is 2.